The lowest BCUT2D eigenvalue weighted by Crippen LogP contribution is -2.17. The Morgan fingerprint density at radius 2 is 2.00 bits per heavy atom. The standard InChI is InChI=1S/C9H12FN.H2/c1-7(11)6-8-2-4-9(10)5-3-8;/h2-5,7H,6,11H2,1H3;1H/t7-;/m1./s1. The topological polar surface area (TPSA) is 26.0 Å². The van der Waals surface area contributed by atoms with Crippen LogP contribution < -0.4 is 5.73 Å². The molecule has 1 atom stereocenters. The molecule has 0 unspecified atom stereocenters. The molecule has 0 bridgehead atoms. The SMILES string of the molecule is C[C@@H](N)Cc1ccc(F)cc1.[HH]. The third-order valence-corrected chi connectivity index (χ3v) is 1.47. The van der Waals surface area contributed by atoms with Crippen LogP contribution in [0.4, 0.5) is 4.39 Å². The third-order valence-electron chi connectivity index (χ3n) is 1.47. The minimum absolute atomic E-state index is 0. The van der Waals surface area contributed by atoms with E-state index >= 15 is 0 Å². The van der Waals surface area contributed by atoms with Crippen LogP contribution in [0.3, 0.4) is 0 Å². The van der Waals surface area contributed by atoms with Crippen molar-refractivity contribution in [1.82, 2.24) is 0 Å². The fourth-order valence-corrected chi connectivity index (χ4v) is 0.992. The molecule has 2 N–H and O–H groups in total. The van der Waals surface area contributed by atoms with Crippen molar-refractivity contribution in [3.63, 3.8) is 0 Å². The van der Waals surface area contributed by atoms with E-state index in [2.05, 4.69) is 0 Å². The summed E-state index contributed by atoms with van der Waals surface area (Å²) in [4.78, 5) is 0. The summed E-state index contributed by atoms with van der Waals surface area (Å²) in [6, 6.07) is 6.58. The van der Waals surface area contributed by atoms with Gasteiger partial charge in [-0.2, -0.15) is 0 Å². The van der Waals surface area contributed by atoms with Crippen molar-refractivity contribution in [2.24, 2.45) is 5.73 Å². The first-order valence-electron chi connectivity index (χ1n) is 3.68. The van der Waals surface area contributed by atoms with Crippen molar-refractivity contribution in [3.8, 4) is 0 Å². The molecule has 0 aliphatic rings. The van der Waals surface area contributed by atoms with Crippen LogP contribution in [-0.2, 0) is 6.42 Å². The quantitative estimate of drug-likeness (QED) is 0.694. The Balaban J connectivity index is 0.00000121. The first kappa shape index (κ1) is 8.21. The molecule has 1 aromatic rings. The molecular weight excluding hydrogens is 141 g/mol. The molecule has 0 fully saturated rings. The molecule has 0 aliphatic heterocycles. The Hall–Kier alpha value is -0.890. The molecular formula is C9H14FN. The highest BCUT2D eigenvalue weighted by atomic mass is 19.1. The zero-order valence-electron chi connectivity index (χ0n) is 6.55. The molecule has 0 radical (unpaired) electrons. The fourth-order valence-electron chi connectivity index (χ4n) is 0.992. The van der Waals surface area contributed by atoms with Crippen LogP contribution >= 0.6 is 0 Å². The van der Waals surface area contributed by atoms with Crippen LogP contribution in [-0.4, -0.2) is 6.04 Å². The Kier molecular flexibility index (Phi) is 2.60. The molecule has 0 aliphatic carbocycles. The van der Waals surface area contributed by atoms with Crippen molar-refractivity contribution in [2.45, 2.75) is 19.4 Å². The lowest BCUT2D eigenvalue weighted by atomic mass is 10.1. The lowest BCUT2D eigenvalue weighted by molar-refractivity contribution is 0.626. The summed E-state index contributed by atoms with van der Waals surface area (Å²) in [5, 5.41) is 0. The predicted molar refractivity (Wildman–Crippen MR) is 45.9 cm³/mol. The normalized spacial score (nSPS) is 13.0. The molecule has 0 aromatic heterocycles. The minimum Gasteiger partial charge on any atom is -0.328 e. The van der Waals surface area contributed by atoms with Gasteiger partial charge in [0.1, 0.15) is 5.82 Å². The Bertz CT molecular complexity index is 220. The number of hydrogen-bond acceptors (Lipinski definition) is 1. The summed E-state index contributed by atoms with van der Waals surface area (Å²) in [5.74, 6) is -0.196. The van der Waals surface area contributed by atoms with Crippen LogP contribution in [0, 0.1) is 5.82 Å². The van der Waals surface area contributed by atoms with Gasteiger partial charge in [0, 0.05) is 7.47 Å². The van der Waals surface area contributed by atoms with Crippen molar-refractivity contribution in [1.29, 1.82) is 0 Å². The molecule has 0 spiro atoms. The molecule has 1 aromatic carbocycles. The zero-order valence-corrected chi connectivity index (χ0v) is 6.55. The van der Waals surface area contributed by atoms with Gasteiger partial charge in [0.15, 0.2) is 0 Å². The highest BCUT2D eigenvalue weighted by Gasteiger charge is 1.96. The maximum absolute atomic E-state index is 12.4. The van der Waals surface area contributed by atoms with E-state index in [-0.39, 0.29) is 13.3 Å². The number of halogens is 1. The molecule has 0 amide bonds. The van der Waals surface area contributed by atoms with Crippen LogP contribution in [0.25, 0.3) is 0 Å². The van der Waals surface area contributed by atoms with E-state index in [0.717, 1.165) is 12.0 Å². The van der Waals surface area contributed by atoms with E-state index in [4.69, 9.17) is 5.73 Å². The maximum atomic E-state index is 12.4. The monoisotopic (exact) mass is 155 g/mol. The Morgan fingerprint density at radius 3 is 2.45 bits per heavy atom. The Labute approximate surface area is 67.5 Å². The molecule has 2 heteroatoms. The van der Waals surface area contributed by atoms with Gasteiger partial charge in [0.2, 0.25) is 0 Å². The van der Waals surface area contributed by atoms with Crippen LogP contribution in [0.1, 0.15) is 13.9 Å². The van der Waals surface area contributed by atoms with E-state index in [9.17, 15) is 4.39 Å². The smallest absolute Gasteiger partial charge is 0.123 e. The zero-order chi connectivity index (χ0) is 8.27. The van der Waals surface area contributed by atoms with Gasteiger partial charge in [0.25, 0.3) is 0 Å². The summed E-state index contributed by atoms with van der Waals surface area (Å²) >= 11 is 0. The second-order valence-electron chi connectivity index (χ2n) is 2.81. The third kappa shape index (κ3) is 2.68. The molecule has 0 saturated carbocycles. The van der Waals surface area contributed by atoms with Gasteiger partial charge < -0.3 is 5.73 Å². The number of hydrogen-bond donors (Lipinski definition) is 1. The summed E-state index contributed by atoms with van der Waals surface area (Å²) in [6.45, 7) is 1.93. The molecule has 0 saturated heterocycles. The van der Waals surface area contributed by atoms with E-state index in [0.29, 0.717) is 0 Å². The van der Waals surface area contributed by atoms with E-state index in [1.54, 1.807) is 12.1 Å². The average Bonchev–Trinajstić information content (AvgIpc) is 1.93. The number of nitrogens with two attached hydrogens (primary N) is 1. The summed E-state index contributed by atoms with van der Waals surface area (Å²) < 4.78 is 12.4. The molecule has 62 valence electrons. The lowest BCUT2D eigenvalue weighted by Gasteiger charge is -2.03. The molecule has 1 nitrogen and oxygen atoms in total. The summed E-state index contributed by atoms with van der Waals surface area (Å²) in [6.07, 6.45) is 0.806. The first-order chi connectivity index (χ1) is 5.18. The van der Waals surface area contributed by atoms with E-state index < -0.39 is 0 Å². The van der Waals surface area contributed by atoms with Gasteiger partial charge >= 0.3 is 0 Å². The van der Waals surface area contributed by atoms with E-state index in [1.807, 2.05) is 6.92 Å². The van der Waals surface area contributed by atoms with Crippen molar-refractivity contribution in [2.75, 3.05) is 0 Å². The van der Waals surface area contributed by atoms with Gasteiger partial charge in [-0.3, -0.25) is 0 Å². The molecule has 1 rings (SSSR count). The van der Waals surface area contributed by atoms with Crippen LogP contribution in [0.2, 0.25) is 0 Å². The second-order valence-corrected chi connectivity index (χ2v) is 2.81. The first-order valence-corrected chi connectivity index (χ1v) is 3.68. The number of benzene rings is 1. The van der Waals surface area contributed by atoms with Gasteiger partial charge in [-0.25, -0.2) is 4.39 Å². The predicted octanol–water partition coefficient (Wildman–Crippen LogP) is 1.96. The minimum atomic E-state index is -0.196. The van der Waals surface area contributed by atoms with Crippen LogP contribution in [0.15, 0.2) is 24.3 Å². The van der Waals surface area contributed by atoms with Gasteiger partial charge in [0.05, 0.1) is 0 Å². The van der Waals surface area contributed by atoms with Gasteiger partial charge in [-0.05, 0) is 31.0 Å². The number of rotatable bonds is 2. The highest BCUT2D eigenvalue weighted by molar-refractivity contribution is 5.16. The summed E-state index contributed by atoms with van der Waals surface area (Å²) in [7, 11) is 0. The Morgan fingerprint density at radius 1 is 1.45 bits per heavy atom. The van der Waals surface area contributed by atoms with Gasteiger partial charge in [-0.15, -0.1) is 0 Å². The van der Waals surface area contributed by atoms with Gasteiger partial charge in [-0.1, -0.05) is 12.1 Å². The second kappa shape index (κ2) is 3.49. The maximum Gasteiger partial charge on any atom is 0.123 e. The van der Waals surface area contributed by atoms with Crippen molar-refractivity contribution in [3.05, 3.63) is 35.6 Å². The van der Waals surface area contributed by atoms with E-state index in [1.165, 1.54) is 12.1 Å². The largest absolute Gasteiger partial charge is 0.328 e. The highest BCUT2D eigenvalue weighted by Crippen LogP contribution is 2.04. The fraction of sp³-hybridized carbons (Fsp3) is 0.333. The molecule has 11 heavy (non-hydrogen) atoms. The van der Waals surface area contributed by atoms with Crippen LogP contribution in [0.5, 0.6) is 0 Å². The molecule has 0 heterocycles. The van der Waals surface area contributed by atoms with Crippen molar-refractivity contribution >= 4 is 0 Å². The van der Waals surface area contributed by atoms with Crippen molar-refractivity contribution < 1.29 is 5.82 Å². The summed E-state index contributed by atoms with van der Waals surface area (Å²) in [5.41, 5.74) is 6.65. The average molecular weight is 155 g/mol.